The van der Waals surface area contributed by atoms with E-state index in [0.717, 1.165) is 37.8 Å². The molecule has 5 nitrogen and oxygen atoms in total. The average molecular weight is 372 g/mol. The summed E-state index contributed by atoms with van der Waals surface area (Å²) in [6.07, 6.45) is 4.38. The maximum Gasteiger partial charge on any atom is 0.191 e. The minimum Gasteiger partial charge on any atom is -0.357 e. The topological polar surface area (TPSA) is 52.6 Å². The first-order valence-corrected chi connectivity index (χ1v) is 10.4. The van der Waals surface area contributed by atoms with Crippen molar-refractivity contribution >= 4 is 17.3 Å². The molecule has 1 fully saturated rings. The Morgan fingerprint density at radius 3 is 3.04 bits per heavy atom. The fourth-order valence-electron chi connectivity index (χ4n) is 3.32. The molecule has 2 aromatic rings. The monoisotopic (exact) mass is 371 g/mol. The predicted molar refractivity (Wildman–Crippen MR) is 109 cm³/mol. The molecule has 0 bridgehead atoms. The maximum atomic E-state index is 4.67. The van der Waals surface area contributed by atoms with Crippen LogP contribution in [0.3, 0.4) is 0 Å². The third-order valence-electron chi connectivity index (χ3n) is 4.59. The molecule has 1 atom stereocenters. The lowest BCUT2D eigenvalue weighted by Crippen LogP contribution is -2.44. The van der Waals surface area contributed by atoms with Crippen molar-refractivity contribution < 1.29 is 0 Å². The highest BCUT2D eigenvalue weighted by Crippen LogP contribution is 2.19. The molecule has 3 heterocycles. The van der Waals surface area contributed by atoms with E-state index >= 15 is 0 Å². The second-order valence-electron chi connectivity index (χ2n) is 6.72. The normalized spacial score (nSPS) is 18.7. The smallest absolute Gasteiger partial charge is 0.191 e. The Hall–Kier alpha value is -1.92. The number of hydrogen-bond donors (Lipinski definition) is 2. The molecule has 1 saturated heterocycles. The van der Waals surface area contributed by atoms with Gasteiger partial charge in [-0.3, -0.25) is 9.88 Å². The second-order valence-corrected chi connectivity index (χ2v) is 7.75. The van der Waals surface area contributed by atoms with E-state index in [0.29, 0.717) is 12.5 Å². The van der Waals surface area contributed by atoms with Crippen LogP contribution in [0.5, 0.6) is 0 Å². The molecule has 140 valence electrons. The molecule has 2 aromatic heterocycles. The highest BCUT2D eigenvalue weighted by atomic mass is 32.1. The van der Waals surface area contributed by atoms with E-state index in [1.165, 1.54) is 24.3 Å². The van der Waals surface area contributed by atoms with Gasteiger partial charge >= 0.3 is 0 Å². The fraction of sp³-hybridized carbons (Fsp3) is 0.500. The predicted octanol–water partition coefficient (Wildman–Crippen LogP) is 3.11. The van der Waals surface area contributed by atoms with Gasteiger partial charge in [0.05, 0.1) is 12.2 Å². The van der Waals surface area contributed by atoms with Crippen LogP contribution < -0.4 is 10.6 Å². The Morgan fingerprint density at radius 1 is 1.31 bits per heavy atom. The van der Waals surface area contributed by atoms with Crippen LogP contribution in [0.4, 0.5) is 0 Å². The Bertz CT molecular complexity index is 656. The third kappa shape index (κ3) is 6.11. The van der Waals surface area contributed by atoms with E-state index in [1.807, 2.05) is 35.7 Å². The van der Waals surface area contributed by atoms with Gasteiger partial charge in [-0.15, -0.1) is 11.3 Å². The number of pyridine rings is 1. The Balaban J connectivity index is 1.48. The van der Waals surface area contributed by atoms with E-state index in [-0.39, 0.29) is 0 Å². The van der Waals surface area contributed by atoms with Crippen molar-refractivity contribution in [3.05, 3.63) is 52.5 Å². The highest BCUT2D eigenvalue weighted by Gasteiger charge is 2.20. The van der Waals surface area contributed by atoms with Gasteiger partial charge in [-0.05, 0) is 55.8 Å². The van der Waals surface area contributed by atoms with Crippen LogP contribution in [0.1, 0.15) is 30.3 Å². The number of guanidine groups is 1. The van der Waals surface area contributed by atoms with E-state index in [2.05, 4.69) is 49.9 Å². The summed E-state index contributed by atoms with van der Waals surface area (Å²) in [4.78, 5) is 13.1. The van der Waals surface area contributed by atoms with Gasteiger partial charge in [0.1, 0.15) is 0 Å². The molecule has 0 aliphatic carbocycles. The number of piperidine rings is 1. The molecule has 1 unspecified atom stereocenters. The lowest BCUT2D eigenvalue weighted by Gasteiger charge is -2.32. The molecule has 1 aliphatic heterocycles. The van der Waals surface area contributed by atoms with Crippen molar-refractivity contribution in [1.82, 2.24) is 20.5 Å². The van der Waals surface area contributed by atoms with Crippen LogP contribution in [0, 0.1) is 5.92 Å². The van der Waals surface area contributed by atoms with Crippen LogP contribution in [-0.4, -0.2) is 42.0 Å². The van der Waals surface area contributed by atoms with Crippen LogP contribution in [0.15, 0.2) is 46.9 Å². The Kier molecular flexibility index (Phi) is 7.46. The number of nitrogens with zero attached hydrogens (tertiary/aromatic N) is 3. The second kappa shape index (κ2) is 10.3. The summed E-state index contributed by atoms with van der Waals surface area (Å²) in [5.41, 5.74) is 0.990. The number of rotatable bonds is 7. The van der Waals surface area contributed by atoms with Gasteiger partial charge < -0.3 is 10.6 Å². The van der Waals surface area contributed by atoms with Crippen LogP contribution in [0.2, 0.25) is 0 Å². The Labute approximate surface area is 160 Å². The largest absolute Gasteiger partial charge is 0.357 e. The summed E-state index contributed by atoms with van der Waals surface area (Å²) < 4.78 is 0. The van der Waals surface area contributed by atoms with Crippen molar-refractivity contribution in [2.24, 2.45) is 10.9 Å². The first-order chi connectivity index (χ1) is 12.8. The number of aromatic nitrogens is 1. The minimum absolute atomic E-state index is 0.603. The fourth-order valence-corrected chi connectivity index (χ4v) is 4.07. The lowest BCUT2D eigenvalue weighted by molar-refractivity contribution is 0.169. The quantitative estimate of drug-likeness (QED) is 0.580. The summed E-state index contributed by atoms with van der Waals surface area (Å²) in [5.74, 6) is 1.55. The zero-order valence-electron chi connectivity index (χ0n) is 15.5. The molecule has 0 amide bonds. The number of likely N-dealkylation sites (tertiary alicyclic amines) is 1. The van der Waals surface area contributed by atoms with E-state index in [1.54, 1.807) is 0 Å². The molecule has 0 radical (unpaired) electrons. The van der Waals surface area contributed by atoms with Crippen molar-refractivity contribution in [2.75, 3.05) is 26.2 Å². The van der Waals surface area contributed by atoms with Crippen LogP contribution in [0.25, 0.3) is 0 Å². The lowest BCUT2D eigenvalue weighted by atomic mass is 9.98. The zero-order valence-corrected chi connectivity index (χ0v) is 16.3. The SMILES string of the molecule is CCNC(=NCc1ccccn1)NCC1CCCN(Cc2cccs2)C1. The van der Waals surface area contributed by atoms with E-state index in [9.17, 15) is 0 Å². The zero-order chi connectivity index (χ0) is 18.0. The van der Waals surface area contributed by atoms with Crippen molar-refractivity contribution in [2.45, 2.75) is 32.9 Å². The summed E-state index contributed by atoms with van der Waals surface area (Å²) >= 11 is 1.85. The molecule has 0 saturated carbocycles. The first kappa shape index (κ1) is 18.9. The molecule has 1 aliphatic rings. The van der Waals surface area contributed by atoms with Crippen LogP contribution in [-0.2, 0) is 13.1 Å². The molecular weight excluding hydrogens is 342 g/mol. The van der Waals surface area contributed by atoms with Crippen LogP contribution >= 0.6 is 11.3 Å². The summed E-state index contributed by atoms with van der Waals surface area (Å²) in [6, 6.07) is 10.3. The molecular formula is C20H29N5S. The van der Waals surface area contributed by atoms with Crippen molar-refractivity contribution in [3.8, 4) is 0 Å². The van der Waals surface area contributed by atoms with Crippen molar-refractivity contribution in [1.29, 1.82) is 0 Å². The number of aliphatic imine (C=N–C) groups is 1. The molecule has 26 heavy (non-hydrogen) atoms. The summed E-state index contributed by atoms with van der Waals surface area (Å²) in [6.45, 7) is 7.99. The average Bonchev–Trinajstić information content (AvgIpc) is 3.18. The standard InChI is InChI=1S/C20H29N5S/c1-2-21-20(24-14-18-8-3-4-10-22-18)23-13-17-7-5-11-25(15-17)16-19-9-6-12-26-19/h3-4,6,8-10,12,17H,2,5,7,11,13-16H2,1H3,(H2,21,23,24). The number of thiophene rings is 1. The molecule has 0 spiro atoms. The van der Waals surface area contributed by atoms with E-state index < -0.39 is 0 Å². The molecule has 3 rings (SSSR count). The summed E-state index contributed by atoms with van der Waals surface area (Å²) in [7, 11) is 0. The maximum absolute atomic E-state index is 4.67. The van der Waals surface area contributed by atoms with Gasteiger partial charge in [-0.25, -0.2) is 4.99 Å². The van der Waals surface area contributed by atoms with Gasteiger partial charge in [0.15, 0.2) is 5.96 Å². The van der Waals surface area contributed by atoms with Gasteiger partial charge in [0.25, 0.3) is 0 Å². The number of nitrogens with one attached hydrogen (secondary N) is 2. The molecule has 6 heteroatoms. The van der Waals surface area contributed by atoms with Gasteiger partial charge in [0, 0.05) is 37.3 Å². The van der Waals surface area contributed by atoms with E-state index in [4.69, 9.17) is 0 Å². The number of hydrogen-bond acceptors (Lipinski definition) is 4. The molecule has 2 N–H and O–H groups in total. The molecule has 0 aromatic carbocycles. The third-order valence-corrected chi connectivity index (χ3v) is 5.45. The first-order valence-electron chi connectivity index (χ1n) is 9.50. The highest BCUT2D eigenvalue weighted by molar-refractivity contribution is 7.09. The summed E-state index contributed by atoms with van der Waals surface area (Å²) in [5, 5.41) is 9.03. The Morgan fingerprint density at radius 2 is 2.27 bits per heavy atom. The van der Waals surface area contributed by atoms with Gasteiger partial charge in [0.2, 0.25) is 0 Å². The minimum atomic E-state index is 0.603. The van der Waals surface area contributed by atoms with Gasteiger partial charge in [-0.2, -0.15) is 0 Å². The van der Waals surface area contributed by atoms with Crippen molar-refractivity contribution in [3.63, 3.8) is 0 Å². The van der Waals surface area contributed by atoms with Gasteiger partial charge in [-0.1, -0.05) is 12.1 Å².